The summed E-state index contributed by atoms with van der Waals surface area (Å²) in [5.74, 6) is 1.70. The normalized spacial score (nSPS) is 23.7. The quantitative estimate of drug-likeness (QED) is 0.696. The van der Waals surface area contributed by atoms with Crippen LogP contribution in [0.15, 0.2) is 18.2 Å². The molecule has 18 heavy (non-hydrogen) atoms. The van der Waals surface area contributed by atoms with E-state index < -0.39 is 0 Å². The van der Waals surface area contributed by atoms with E-state index in [4.69, 9.17) is 16.3 Å². The first-order valence-corrected chi connectivity index (χ1v) is 7.43. The van der Waals surface area contributed by atoms with Crippen molar-refractivity contribution < 1.29 is 4.74 Å². The minimum atomic E-state index is 0.123. The summed E-state index contributed by atoms with van der Waals surface area (Å²) >= 11 is 6.67. The lowest BCUT2D eigenvalue weighted by Crippen LogP contribution is -2.18. The van der Waals surface area contributed by atoms with Crippen LogP contribution in [0.2, 0.25) is 0 Å². The lowest BCUT2D eigenvalue weighted by Gasteiger charge is -2.20. The third-order valence-corrected chi connectivity index (χ3v) is 5.06. The van der Waals surface area contributed by atoms with Crippen molar-refractivity contribution in [3.05, 3.63) is 29.3 Å². The molecule has 0 radical (unpaired) electrons. The van der Waals surface area contributed by atoms with Gasteiger partial charge in [-0.15, -0.1) is 11.6 Å². The molecule has 1 aromatic carbocycles. The average Bonchev–Trinajstić information content (AvgIpc) is 2.97. The predicted molar refractivity (Wildman–Crippen MR) is 75.5 cm³/mol. The van der Waals surface area contributed by atoms with Gasteiger partial charge in [-0.1, -0.05) is 32.8 Å². The van der Waals surface area contributed by atoms with Gasteiger partial charge in [0.05, 0.1) is 12.0 Å². The second-order valence-corrected chi connectivity index (χ2v) is 6.84. The third-order valence-electron chi connectivity index (χ3n) is 4.45. The van der Waals surface area contributed by atoms with Crippen LogP contribution in [-0.4, -0.2) is 6.61 Å². The maximum absolute atomic E-state index is 6.67. The second-order valence-electron chi connectivity index (χ2n) is 6.37. The maximum atomic E-state index is 6.67. The van der Waals surface area contributed by atoms with Gasteiger partial charge in [0.1, 0.15) is 5.75 Å². The molecular formula is C16H21ClO. The molecule has 1 aromatic rings. The van der Waals surface area contributed by atoms with Crippen molar-refractivity contribution in [1.82, 2.24) is 0 Å². The highest BCUT2D eigenvalue weighted by Gasteiger charge is 2.33. The van der Waals surface area contributed by atoms with Crippen molar-refractivity contribution in [3.8, 4) is 5.75 Å². The van der Waals surface area contributed by atoms with Gasteiger partial charge in [0.25, 0.3) is 0 Å². The molecule has 1 heterocycles. The zero-order chi connectivity index (χ0) is 12.8. The summed E-state index contributed by atoms with van der Waals surface area (Å²) < 4.78 is 5.73. The van der Waals surface area contributed by atoms with E-state index in [1.165, 1.54) is 36.8 Å². The van der Waals surface area contributed by atoms with Crippen LogP contribution in [0.1, 0.15) is 56.0 Å². The van der Waals surface area contributed by atoms with Gasteiger partial charge in [-0.25, -0.2) is 0 Å². The summed E-state index contributed by atoms with van der Waals surface area (Å²) in [4.78, 5) is 0. The molecule has 2 heteroatoms. The molecule has 0 spiro atoms. The van der Waals surface area contributed by atoms with Crippen LogP contribution in [0.4, 0.5) is 0 Å². The van der Waals surface area contributed by atoms with Gasteiger partial charge in [-0.3, -0.25) is 0 Å². The molecule has 0 bridgehead atoms. The lowest BCUT2D eigenvalue weighted by molar-refractivity contribution is 0.291. The molecule has 98 valence electrons. The number of hydrogen-bond donors (Lipinski definition) is 0. The largest absolute Gasteiger partial charge is 0.492 e. The molecule has 1 fully saturated rings. The Balaban J connectivity index is 1.90. The molecule has 1 atom stereocenters. The minimum absolute atomic E-state index is 0.123. The Hall–Kier alpha value is -0.690. The van der Waals surface area contributed by atoms with Crippen LogP contribution in [-0.2, 0) is 5.41 Å². The van der Waals surface area contributed by atoms with E-state index >= 15 is 0 Å². The number of fused-ring (bicyclic) bond motifs is 1. The fourth-order valence-electron chi connectivity index (χ4n) is 3.23. The van der Waals surface area contributed by atoms with E-state index in [1.807, 2.05) is 0 Å². The van der Waals surface area contributed by atoms with Crippen molar-refractivity contribution >= 4 is 11.6 Å². The molecule has 0 aromatic heterocycles. The van der Waals surface area contributed by atoms with E-state index in [-0.39, 0.29) is 10.8 Å². The van der Waals surface area contributed by atoms with Gasteiger partial charge in [0.2, 0.25) is 0 Å². The van der Waals surface area contributed by atoms with Crippen LogP contribution in [0, 0.1) is 5.92 Å². The predicted octanol–water partition coefficient (Wildman–Crippen LogP) is 4.83. The third kappa shape index (κ3) is 2.03. The summed E-state index contributed by atoms with van der Waals surface area (Å²) in [7, 11) is 0. The van der Waals surface area contributed by atoms with Crippen LogP contribution >= 0.6 is 11.6 Å². The number of alkyl halides is 1. The van der Waals surface area contributed by atoms with E-state index in [0.717, 1.165) is 12.4 Å². The van der Waals surface area contributed by atoms with Crippen molar-refractivity contribution in [3.63, 3.8) is 0 Å². The number of rotatable bonds is 2. The van der Waals surface area contributed by atoms with Crippen molar-refractivity contribution in [2.75, 3.05) is 6.61 Å². The van der Waals surface area contributed by atoms with Crippen LogP contribution in [0.25, 0.3) is 0 Å². The van der Waals surface area contributed by atoms with E-state index in [0.29, 0.717) is 5.92 Å². The monoisotopic (exact) mass is 264 g/mol. The van der Waals surface area contributed by atoms with Gasteiger partial charge >= 0.3 is 0 Å². The lowest BCUT2D eigenvalue weighted by atomic mass is 9.85. The molecule has 0 amide bonds. The summed E-state index contributed by atoms with van der Waals surface area (Å²) in [6, 6.07) is 6.53. The number of hydrogen-bond acceptors (Lipinski definition) is 1. The van der Waals surface area contributed by atoms with Crippen molar-refractivity contribution in [1.29, 1.82) is 0 Å². The summed E-state index contributed by atoms with van der Waals surface area (Å²) in [6.45, 7) is 5.25. The molecular weight excluding hydrogens is 244 g/mol. The van der Waals surface area contributed by atoms with Crippen molar-refractivity contribution in [2.45, 2.75) is 50.3 Å². The molecule has 1 saturated carbocycles. The second kappa shape index (κ2) is 4.45. The number of halogens is 1. The first kappa shape index (κ1) is 12.3. The molecule has 1 unspecified atom stereocenters. The van der Waals surface area contributed by atoms with Crippen LogP contribution in [0.3, 0.4) is 0 Å². The Bertz CT molecular complexity index is 446. The Kier molecular flexibility index (Phi) is 3.05. The first-order chi connectivity index (χ1) is 8.58. The Morgan fingerprint density at radius 2 is 2.00 bits per heavy atom. The van der Waals surface area contributed by atoms with Gasteiger partial charge in [-0.05, 0) is 36.5 Å². The number of benzene rings is 1. The molecule has 0 N–H and O–H groups in total. The van der Waals surface area contributed by atoms with E-state index in [9.17, 15) is 0 Å². The molecule has 0 saturated heterocycles. The highest BCUT2D eigenvalue weighted by atomic mass is 35.5. The highest BCUT2D eigenvalue weighted by Crippen LogP contribution is 2.44. The average molecular weight is 265 g/mol. The summed E-state index contributed by atoms with van der Waals surface area (Å²) in [5.41, 5.74) is 2.72. The smallest absolute Gasteiger partial charge is 0.123 e. The van der Waals surface area contributed by atoms with Gasteiger partial charge in [-0.2, -0.15) is 0 Å². The van der Waals surface area contributed by atoms with E-state index in [2.05, 4.69) is 32.0 Å². The SMILES string of the molecule is CC1(C)COc2ccc(C(Cl)C3CCCC3)cc21. The standard InChI is InChI=1S/C16H21ClO/c1-16(2)10-18-14-8-7-12(9-13(14)16)15(17)11-5-3-4-6-11/h7-9,11,15H,3-6,10H2,1-2H3. The maximum Gasteiger partial charge on any atom is 0.123 e. The number of ether oxygens (including phenoxy) is 1. The highest BCUT2D eigenvalue weighted by molar-refractivity contribution is 6.21. The summed E-state index contributed by atoms with van der Waals surface area (Å²) in [6.07, 6.45) is 5.25. The fourth-order valence-corrected chi connectivity index (χ4v) is 3.62. The zero-order valence-electron chi connectivity index (χ0n) is 11.2. The van der Waals surface area contributed by atoms with Gasteiger partial charge in [0, 0.05) is 11.0 Å². The topological polar surface area (TPSA) is 9.23 Å². The first-order valence-electron chi connectivity index (χ1n) is 6.99. The Labute approximate surface area is 114 Å². The molecule has 1 nitrogen and oxygen atoms in total. The Morgan fingerprint density at radius 3 is 2.72 bits per heavy atom. The van der Waals surface area contributed by atoms with Crippen LogP contribution in [0.5, 0.6) is 5.75 Å². The molecule has 1 aliphatic heterocycles. The summed E-state index contributed by atoms with van der Waals surface area (Å²) in [5, 5.41) is 0.175. The van der Waals surface area contributed by atoms with Gasteiger partial charge < -0.3 is 4.74 Å². The molecule has 2 aliphatic rings. The van der Waals surface area contributed by atoms with Gasteiger partial charge in [0.15, 0.2) is 0 Å². The minimum Gasteiger partial charge on any atom is -0.492 e. The molecule has 1 aliphatic carbocycles. The van der Waals surface area contributed by atoms with Crippen molar-refractivity contribution in [2.24, 2.45) is 5.92 Å². The fraction of sp³-hybridized carbons (Fsp3) is 0.625. The van der Waals surface area contributed by atoms with E-state index in [1.54, 1.807) is 0 Å². The van der Waals surface area contributed by atoms with Crippen LogP contribution < -0.4 is 4.74 Å². The molecule has 3 rings (SSSR count). The Morgan fingerprint density at radius 1 is 1.28 bits per heavy atom. The zero-order valence-corrected chi connectivity index (χ0v) is 12.0.